The number of benzene rings is 2. The summed E-state index contributed by atoms with van der Waals surface area (Å²) in [6, 6.07) is 16.6. The summed E-state index contributed by atoms with van der Waals surface area (Å²) in [5.74, 6) is 1.46. The Morgan fingerprint density at radius 1 is 0.846 bits per heavy atom. The molecule has 0 saturated carbocycles. The first-order valence-corrected chi connectivity index (χ1v) is 8.22. The summed E-state index contributed by atoms with van der Waals surface area (Å²) in [5.41, 5.74) is 8.12. The van der Waals surface area contributed by atoms with Gasteiger partial charge in [0.1, 0.15) is 0 Å². The first kappa shape index (κ1) is 18.0. The van der Waals surface area contributed by atoms with Gasteiger partial charge in [-0.25, -0.2) is 0 Å². The van der Waals surface area contributed by atoms with Gasteiger partial charge in [-0.1, -0.05) is 35.9 Å². The minimum Gasteiger partial charge on any atom is -0.493 e. The fourth-order valence-corrected chi connectivity index (χ4v) is 3.33. The molecule has 0 atom stereocenters. The van der Waals surface area contributed by atoms with Crippen LogP contribution in [0.2, 0.25) is 0 Å². The van der Waals surface area contributed by atoms with Crippen LogP contribution in [0.3, 0.4) is 0 Å². The molecule has 4 heteroatoms. The second-order valence-corrected chi connectivity index (χ2v) is 6.12. The number of hydrogen-bond donors (Lipinski definition) is 0. The number of ether oxygens (including phenoxy) is 2. The molecule has 0 bridgehead atoms. The van der Waals surface area contributed by atoms with Gasteiger partial charge in [-0.15, -0.1) is 12.4 Å². The Morgan fingerprint density at radius 3 is 2.42 bits per heavy atom. The summed E-state index contributed by atoms with van der Waals surface area (Å²) >= 11 is 0. The maximum atomic E-state index is 5.43. The van der Waals surface area contributed by atoms with Gasteiger partial charge in [0.05, 0.1) is 19.9 Å². The molecule has 0 radical (unpaired) electrons. The van der Waals surface area contributed by atoms with E-state index in [0.29, 0.717) is 0 Å². The molecule has 0 aliphatic heterocycles. The third kappa shape index (κ3) is 2.95. The van der Waals surface area contributed by atoms with Crippen LogP contribution in [-0.4, -0.2) is 19.2 Å². The highest BCUT2D eigenvalue weighted by molar-refractivity contribution is 6.05. The van der Waals surface area contributed by atoms with E-state index in [9.17, 15) is 0 Å². The second kappa shape index (κ2) is 7.22. The molecule has 2 aromatic carbocycles. The molecular weight excluding hydrogens is 346 g/mol. The quantitative estimate of drug-likeness (QED) is 0.487. The number of pyridine rings is 1. The summed E-state index contributed by atoms with van der Waals surface area (Å²) in [7, 11) is 3.30. The van der Waals surface area contributed by atoms with Gasteiger partial charge in [-0.2, -0.15) is 0 Å². The SMILES string of the molecule is COc1ccc(/C=C2/c3cc(C)ccc3-c3ncccc32)cc1OC.Cl. The van der Waals surface area contributed by atoms with Crippen molar-refractivity contribution in [3.8, 4) is 22.8 Å². The van der Waals surface area contributed by atoms with E-state index in [2.05, 4.69) is 42.2 Å². The van der Waals surface area contributed by atoms with Crippen LogP contribution in [0.25, 0.3) is 22.9 Å². The second-order valence-electron chi connectivity index (χ2n) is 6.12. The van der Waals surface area contributed by atoms with Gasteiger partial charge in [-0.3, -0.25) is 4.98 Å². The maximum absolute atomic E-state index is 5.43. The summed E-state index contributed by atoms with van der Waals surface area (Å²) in [6.45, 7) is 2.12. The Balaban J connectivity index is 0.00000196. The lowest BCUT2D eigenvalue weighted by atomic mass is 10.00. The number of halogens is 1. The molecular formula is C22H20ClNO2. The number of nitrogens with zero attached hydrogens (tertiary/aromatic N) is 1. The molecule has 26 heavy (non-hydrogen) atoms. The highest BCUT2D eigenvalue weighted by atomic mass is 35.5. The zero-order valence-corrected chi connectivity index (χ0v) is 15.8. The van der Waals surface area contributed by atoms with Crippen molar-refractivity contribution in [3.05, 3.63) is 77.0 Å². The topological polar surface area (TPSA) is 31.4 Å². The van der Waals surface area contributed by atoms with Crippen molar-refractivity contribution in [1.82, 2.24) is 4.98 Å². The van der Waals surface area contributed by atoms with Crippen LogP contribution in [0.15, 0.2) is 54.7 Å². The van der Waals surface area contributed by atoms with E-state index in [1.165, 1.54) is 22.3 Å². The smallest absolute Gasteiger partial charge is 0.161 e. The van der Waals surface area contributed by atoms with Crippen LogP contribution in [0.4, 0.5) is 0 Å². The predicted molar refractivity (Wildman–Crippen MR) is 108 cm³/mol. The molecule has 0 unspecified atom stereocenters. The predicted octanol–water partition coefficient (Wildman–Crippen LogP) is 5.40. The van der Waals surface area contributed by atoms with Crippen LogP contribution < -0.4 is 9.47 Å². The van der Waals surface area contributed by atoms with Gasteiger partial charge in [0.25, 0.3) is 0 Å². The van der Waals surface area contributed by atoms with Crippen LogP contribution in [0.1, 0.15) is 22.3 Å². The molecule has 1 heterocycles. The third-order valence-electron chi connectivity index (χ3n) is 4.54. The van der Waals surface area contributed by atoms with Gasteiger partial charge < -0.3 is 9.47 Å². The zero-order chi connectivity index (χ0) is 17.4. The molecule has 0 spiro atoms. The molecule has 0 amide bonds. The largest absolute Gasteiger partial charge is 0.493 e. The summed E-state index contributed by atoms with van der Waals surface area (Å²) < 4.78 is 10.8. The fraction of sp³-hybridized carbons (Fsp3) is 0.136. The van der Waals surface area contributed by atoms with Crippen LogP contribution in [0.5, 0.6) is 11.5 Å². The van der Waals surface area contributed by atoms with Gasteiger partial charge in [0, 0.05) is 17.3 Å². The Kier molecular flexibility index (Phi) is 5.01. The van der Waals surface area contributed by atoms with E-state index in [4.69, 9.17) is 9.47 Å². The van der Waals surface area contributed by atoms with Gasteiger partial charge in [-0.05, 0) is 47.9 Å². The van der Waals surface area contributed by atoms with Crippen molar-refractivity contribution in [2.24, 2.45) is 0 Å². The first-order chi connectivity index (χ1) is 12.2. The average molecular weight is 366 g/mol. The first-order valence-electron chi connectivity index (χ1n) is 8.22. The van der Waals surface area contributed by atoms with Crippen molar-refractivity contribution in [2.45, 2.75) is 6.92 Å². The highest BCUT2D eigenvalue weighted by Gasteiger charge is 2.24. The van der Waals surface area contributed by atoms with Crippen LogP contribution in [-0.2, 0) is 0 Å². The summed E-state index contributed by atoms with van der Waals surface area (Å²) in [4.78, 5) is 4.60. The molecule has 0 saturated heterocycles. The van der Waals surface area contributed by atoms with E-state index in [0.717, 1.165) is 28.3 Å². The monoisotopic (exact) mass is 365 g/mol. The minimum atomic E-state index is 0. The highest BCUT2D eigenvalue weighted by Crippen LogP contribution is 2.44. The number of methoxy groups -OCH3 is 2. The van der Waals surface area contributed by atoms with Crippen molar-refractivity contribution >= 4 is 24.1 Å². The zero-order valence-electron chi connectivity index (χ0n) is 14.9. The number of aromatic nitrogens is 1. The molecule has 0 fully saturated rings. The van der Waals surface area contributed by atoms with Gasteiger partial charge in [0.15, 0.2) is 11.5 Å². The minimum absolute atomic E-state index is 0. The molecule has 3 aromatic rings. The van der Waals surface area contributed by atoms with Crippen molar-refractivity contribution in [1.29, 1.82) is 0 Å². The van der Waals surface area contributed by atoms with Crippen LogP contribution in [0, 0.1) is 6.92 Å². The lowest BCUT2D eigenvalue weighted by molar-refractivity contribution is 0.355. The van der Waals surface area contributed by atoms with Crippen molar-refractivity contribution in [3.63, 3.8) is 0 Å². The maximum Gasteiger partial charge on any atom is 0.161 e. The van der Waals surface area contributed by atoms with Crippen molar-refractivity contribution in [2.75, 3.05) is 14.2 Å². The number of aryl methyl sites for hydroxylation is 1. The van der Waals surface area contributed by atoms with Gasteiger partial charge >= 0.3 is 0 Å². The Bertz CT molecular complexity index is 995. The molecule has 1 aliphatic carbocycles. The van der Waals surface area contributed by atoms with E-state index < -0.39 is 0 Å². The molecule has 1 aromatic heterocycles. The number of rotatable bonds is 3. The number of hydrogen-bond acceptors (Lipinski definition) is 3. The Hall–Kier alpha value is -2.78. The lowest BCUT2D eigenvalue weighted by Crippen LogP contribution is -1.91. The van der Waals surface area contributed by atoms with E-state index >= 15 is 0 Å². The Labute approximate surface area is 159 Å². The van der Waals surface area contributed by atoms with E-state index in [-0.39, 0.29) is 12.4 Å². The molecule has 3 nitrogen and oxygen atoms in total. The molecule has 0 N–H and O–H groups in total. The van der Waals surface area contributed by atoms with E-state index in [1.807, 2.05) is 30.5 Å². The fourth-order valence-electron chi connectivity index (χ4n) is 3.33. The molecule has 1 aliphatic rings. The normalized spacial score (nSPS) is 13.0. The average Bonchev–Trinajstić information content (AvgIpc) is 2.95. The summed E-state index contributed by atoms with van der Waals surface area (Å²) in [6.07, 6.45) is 4.04. The van der Waals surface area contributed by atoms with Crippen molar-refractivity contribution < 1.29 is 9.47 Å². The standard InChI is InChI=1S/C22H19NO2.ClH/c1-14-6-8-17-18(11-14)19(16-5-4-10-23-22(16)17)12-15-7-9-20(24-2)21(13-15)25-3;/h4-13H,1-3H3;1H/b19-12+;. The Morgan fingerprint density at radius 2 is 1.65 bits per heavy atom. The lowest BCUT2D eigenvalue weighted by Gasteiger charge is -2.09. The third-order valence-corrected chi connectivity index (χ3v) is 4.54. The van der Waals surface area contributed by atoms with Gasteiger partial charge in [0.2, 0.25) is 0 Å². The summed E-state index contributed by atoms with van der Waals surface area (Å²) in [5, 5.41) is 0. The van der Waals surface area contributed by atoms with Crippen LogP contribution >= 0.6 is 12.4 Å². The molecule has 132 valence electrons. The number of fused-ring (bicyclic) bond motifs is 3. The molecule has 4 rings (SSSR count). The van der Waals surface area contributed by atoms with E-state index in [1.54, 1.807) is 14.2 Å².